The predicted molar refractivity (Wildman–Crippen MR) is 85.6 cm³/mol. The molecule has 1 aromatic carbocycles. The third kappa shape index (κ3) is 3.64. The predicted octanol–water partition coefficient (Wildman–Crippen LogP) is 3.38. The van der Waals surface area contributed by atoms with Gasteiger partial charge in [-0.1, -0.05) is 12.1 Å². The quantitative estimate of drug-likeness (QED) is 0.885. The Morgan fingerprint density at radius 2 is 1.90 bits per heavy atom. The summed E-state index contributed by atoms with van der Waals surface area (Å²) in [7, 11) is 1.96. The Morgan fingerprint density at radius 3 is 2.48 bits per heavy atom. The van der Waals surface area contributed by atoms with E-state index in [1.165, 1.54) is 16.7 Å². The van der Waals surface area contributed by atoms with Crippen molar-refractivity contribution in [3.8, 4) is 5.75 Å². The maximum atomic E-state index is 6.05. The largest absolute Gasteiger partial charge is 0.487 e. The van der Waals surface area contributed by atoms with E-state index >= 15 is 0 Å². The molecule has 0 bridgehead atoms. The molecule has 1 N–H and O–H groups in total. The molecule has 0 atom stereocenters. The highest BCUT2D eigenvalue weighted by atomic mass is 16.5. The second-order valence-corrected chi connectivity index (χ2v) is 5.76. The molecule has 2 rings (SSSR count). The molecule has 21 heavy (non-hydrogen) atoms. The molecule has 4 nitrogen and oxygen atoms in total. The number of ether oxygens (including phenoxy) is 1. The summed E-state index contributed by atoms with van der Waals surface area (Å²) >= 11 is 0. The summed E-state index contributed by atoms with van der Waals surface area (Å²) in [6, 6.07) is 4.75. The van der Waals surface area contributed by atoms with Crippen molar-refractivity contribution in [2.24, 2.45) is 0 Å². The number of benzene rings is 1. The fraction of sp³-hybridized carbons (Fsp3) is 0.471. The van der Waals surface area contributed by atoms with Crippen molar-refractivity contribution in [1.82, 2.24) is 14.9 Å². The molecule has 1 aromatic heterocycles. The van der Waals surface area contributed by atoms with Crippen LogP contribution in [0.15, 0.2) is 24.7 Å². The second kappa shape index (κ2) is 6.76. The summed E-state index contributed by atoms with van der Waals surface area (Å²) in [6.45, 7) is 9.91. The Morgan fingerprint density at radius 1 is 1.24 bits per heavy atom. The minimum absolute atomic E-state index is 0.395. The summed E-state index contributed by atoms with van der Waals surface area (Å²) in [6.07, 6.45) is 3.74. The van der Waals surface area contributed by atoms with Crippen LogP contribution in [-0.4, -0.2) is 16.6 Å². The van der Waals surface area contributed by atoms with Crippen LogP contribution in [-0.2, 0) is 13.2 Å². The van der Waals surface area contributed by atoms with Gasteiger partial charge in [0.15, 0.2) is 0 Å². The third-order valence-electron chi connectivity index (χ3n) is 3.57. The van der Waals surface area contributed by atoms with E-state index in [0.717, 1.165) is 18.0 Å². The molecule has 0 spiro atoms. The van der Waals surface area contributed by atoms with E-state index < -0.39 is 0 Å². The van der Waals surface area contributed by atoms with E-state index in [1.807, 2.05) is 19.6 Å². The normalized spacial score (nSPS) is 11.1. The van der Waals surface area contributed by atoms with Gasteiger partial charge in [-0.2, -0.15) is 0 Å². The lowest BCUT2D eigenvalue weighted by molar-refractivity contribution is 0.288. The van der Waals surface area contributed by atoms with E-state index in [9.17, 15) is 0 Å². The SMILES string of the molecule is CNCc1cc(C)c(OCc2cncn2C(C)C)c(C)c1. The van der Waals surface area contributed by atoms with E-state index in [1.54, 1.807) is 0 Å². The zero-order chi connectivity index (χ0) is 15.4. The van der Waals surface area contributed by atoms with Crippen LogP contribution in [0.25, 0.3) is 0 Å². The molecular formula is C17H25N3O. The Bertz CT molecular complexity index is 579. The van der Waals surface area contributed by atoms with Crippen molar-refractivity contribution in [2.45, 2.75) is 46.9 Å². The molecule has 0 aliphatic heterocycles. The highest BCUT2D eigenvalue weighted by Gasteiger charge is 2.10. The molecule has 4 heteroatoms. The molecule has 0 saturated carbocycles. The Balaban J connectivity index is 2.15. The van der Waals surface area contributed by atoms with E-state index in [2.05, 4.69) is 54.7 Å². The second-order valence-electron chi connectivity index (χ2n) is 5.76. The molecule has 0 unspecified atom stereocenters. The van der Waals surface area contributed by atoms with E-state index in [0.29, 0.717) is 12.6 Å². The lowest BCUT2D eigenvalue weighted by Gasteiger charge is -2.16. The first kappa shape index (κ1) is 15.6. The first-order valence-corrected chi connectivity index (χ1v) is 7.41. The van der Waals surface area contributed by atoms with Crippen LogP contribution < -0.4 is 10.1 Å². The number of rotatable bonds is 6. The van der Waals surface area contributed by atoms with Gasteiger partial charge < -0.3 is 14.6 Å². The Hall–Kier alpha value is -1.81. The topological polar surface area (TPSA) is 39.1 Å². The van der Waals surface area contributed by atoms with Crippen LogP contribution in [0.2, 0.25) is 0 Å². The number of aromatic nitrogens is 2. The van der Waals surface area contributed by atoms with E-state index in [-0.39, 0.29) is 0 Å². The summed E-state index contributed by atoms with van der Waals surface area (Å²) in [4.78, 5) is 4.21. The van der Waals surface area contributed by atoms with Crippen LogP contribution >= 0.6 is 0 Å². The summed E-state index contributed by atoms with van der Waals surface area (Å²) in [5.74, 6) is 0.978. The summed E-state index contributed by atoms with van der Waals surface area (Å²) in [5.41, 5.74) is 4.74. The van der Waals surface area contributed by atoms with Crippen LogP contribution in [0.3, 0.4) is 0 Å². The van der Waals surface area contributed by atoms with Gasteiger partial charge in [0.25, 0.3) is 0 Å². The average molecular weight is 287 g/mol. The lowest BCUT2D eigenvalue weighted by atomic mass is 10.1. The monoisotopic (exact) mass is 287 g/mol. The molecule has 0 radical (unpaired) electrons. The number of nitrogens with zero attached hydrogens (tertiary/aromatic N) is 2. The smallest absolute Gasteiger partial charge is 0.130 e. The van der Waals surface area contributed by atoms with E-state index in [4.69, 9.17) is 4.74 Å². The number of nitrogens with one attached hydrogen (secondary N) is 1. The zero-order valence-corrected chi connectivity index (χ0v) is 13.6. The number of imidazole rings is 1. The van der Waals surface area contributed by atoms with Crippen LogP contribution in [0.4, 0.5) is 0 Å². The van der Waals surface area contributed by atoms with Gasteiger partial charge in [-0.25, -0.2) is 4.98 Å². The summed E-state index contributed by atoms with van der Waals surface area (Å²) in [5, 5.41) is 3.18. The van der Waals surface area contributed by atoms with Gasteiger partial charge in [-0.05, 0) is 51.4 Å². The number of hydrogen-bond acceptors (Lipinski definition) is 3. The average Bonchev–Trinajstić information content (AvgIpc) is 2.86. The molecular weight excluding hydrogens is 262 g/mol. The molecule has 0 amide bonds. The highest BCUT2D eigenvalue weighted by Crippen LogP contribution is 2.26. The van der Waals surface area contributed by atoms with Gasteiger partial charge >= 0.3 is 0 Å². The van der Waals surface area contributed by atoms with Crippen molar-refractivity contribution in [1.29, 1.82) is 0 Å². The van der Waals surface area contributed by atoms with Crippen molar-refractivity contribution >= 4 is 0 Å². The van der Waals surface area contributed by atoms with Gasteiger partial charge in [-0.15, -0.1) is 0 Å². The fourth-order valence-electron chi connectivity index (χ4n) is 2.63. The molecule has 0 saturated heterocycles. The zero-order valence-electron chi connectivity index (χ0n) is 13.6. The molecule has 114 valence electrons. The fourth-order valence-corrected chi connectivity index (χ4v) is 2.63. The van der Waals surface area contributed by atoms with Crippen molar-refractivity contribution < 1.29 is 4.74 Å². The molecule has 0 aliphatic rings. The maximum absolute atomic E-state index is 6.05. The number of hydrogen-bond donors (Lipinski definition) is 1. The third-order valence-corrected chi connectivity index (χ3v) is 3.57. The molecule has 0 aliphatic carbocycles. The minimum Gasteiger partial charge on any atom is -0.487 e. The molecule has 2 aromatic rings. The van der Waals surface area contributed by atoms with Crippen molar-refractivity contribution in [3.63, 3.8) is 0 Å². The van der Waals surface area contributed by atoms with Gasteiger partial charge in [0, 0.05) is 12.6 Å². The van der Waals surface area contributed by atoms with Gasteiger partial charge in [0.2, 0.25) is 0 Å². The molecule has 1 heterocycles. The Kier molecular flexibility index (Phi) is 5.02. The summed E-state index contributed by atoms with van der Waals surface area (Å²) < 4.78 is 8.19. The van der Waals surface area contributed by atoms with Crippen molar-refractivity contribution in [2.75, 3.05) is 7.05 Å². The lowest BCUT2D eigenvalue weighted by Crippen LogP contribution is -2.09. The Labute approximate surface area is 127 Å². The van der Waals surface area contributed by atoms with Crippen LogP contribution in [0, 0.1) is 13.8 Å². The first-order valence-electron chi connectivity index (χ1n) is 7.41. The minimum atomic E-state index is 0.395. The van der Waals surface area contributed by atoms with Gasteiger partial charge in [0.1, 0.15) is 12.4 Å². The van der Waals surface area contributed by atoms with Gasteiger partial charge in [0.05, 0.1) is 18.2 Å². The first-order chi connectivity index (χ1) is 10.0. The standard InChI is InChI=1S/C17H25N3O/c1-12(2)20-11-19-9-16(20)10-21-17-13(3)6-15(8-18-5)7-14(17)4/h6-7,9,11-12,18H,8,10H2,1-5H3. The number of aryl methyl sites for hydroxylation is 2. The van der Waals surface area contributed by atoms with Gasteiger partial charge in [-0.3, -0.25) is 0 Å². The van der Waals surface area contributed by atoms with Crippen LogP contribution in [0.1, 0.15) is 42.3 Å². The molecule has 0 fully saturated rings. The highest BCUT2D eigenvalue weighted by molar-refractivity contribution is 5.43. The van der Waals surface area contributed by atoms with Crippen molar-refractivity contribution in [3.05, 3.63) is 47.0 Å². The van der Waals surface area contributed by atoms with Crippen LogP contribution in [0.5, 0.6) is 5.75 Å². The maximum Gasteiger partial charge on any atom is 0.130 e.